The van der Waals surface area contributed by atoms with E-state index in [2.05, 4.69) is 0 Å². The lowest BCUT2D eigenvalue weighted by atomic mass is 9.70. The van der Waals surface area contributed by atoms with E-state index >= 15 is 0 Å². The number of hydrogen-bond acceptors (Lipinski definition) is 2. The topological polar surface area (TPSA) is 40.1 Å². The molecule has 2 rings (SSSR count). The van der Waals surface area contributed by atoms with E-state index in [-0.39, 0.29) is 0 Å². The fourth-order valence-corrected chi connectivity index (χ4v) is 2.81. The Morgan fingerprint density at radius 3 is 1.44 bits per heavy atom. The van der Waals surface area contributed by atoms with Crippen LogP contribution < -0.4 is 5.11 Å². The molecule has 0 spiro atoms. The van der Waals surface area contributed by atoms with Gasteiger partial charge in [0.2, 0.25) is 5.78 Å². The molecule has 1 fully saturated rings. The largest absolute Gasteiger partial charge is 0.872 e. The normalized spacial score (nSPS) is 24.5. The zero-order valence-electron chi connectivity index (χ0n) is 15.1. The first kappa shape index (κ1) is 27.6. The van der Waals surface area contributed by atoms with Crippen molar-refractivity contribution in [3.05, 3.63) is 41.0 Å². The molecule has 1 aliphatic rings. The Balaban J connectivity index is 2.82. The summed E-state index contributed by atoms with van der Waals surface area (Å²) >= 11 is 0. The Bertz CT molecular complexity index is 1020. The molecule has 0 amide bonds. The molecule has 34 heavy (non-hydrogen) atoms. The number of allylic oxidation sites excluding steroid dienone is 1. The summed E-state index contributed by atoms with van der Waals surface area (Å²) in [6.45, 7) is 0. The van der Waals surface area contributed by atoms with Crippen molar-refractivity contribution in [1.82, 2.24) is 0 Å². The Labute approximate surface area is 175 Å². The zero-order chi connectivity index (χ0) is 27.1. The van der Waals surface area contributed by atoms with Gasteiger partial charge in [-0.05, 0) is 23.8 Å². The highest BCUT2D eigenvalue weighted by Gasteiger charge is 3.02. The maximum absolute atomic E-state index is 14.5. The molecule has 0 atom stereocenters. The summed E-state index contributed by atoms with van der Waals surface area (Å²) < 4.78 is 214. The van der Waals surface area contributed by atoms with Crippen LogP contribution in [-0.2, 0) is 11.0 Å². The Hall–Kier alpha value is -2.69. The van der Waals surface area contributed by atoms with Crippen LogP contribution in [0, 0.1) is 11.6 Å². The summed E-state index contributed by atoms with van der Waals surface area (Å²) in [7, 11) is 0. The second-order valence-electron chi connectivity index (χ2n) is 6.71. The van der Waals surface area contributed by atoms with Gasteiger partial charge in [-0.1, -0.05) is 5.76 Å². The molecular formula is C16H3F16O2-. The van der Waals surface area contributed by atoms with E-state index in [1.807, 2.05) is 0 Å². The maximum Gasteiger partial charge on any atom is 0.417 e. The van der Waals surface area contributed by atoms with Gasteiger partial charge in [-0.15, -0.1) is 0 Å². The Morgan fingerprint density at radius 2 is 1.06 bits per heavy atom. The average Bonchev–Trinajstić information content (AvgIpc) is 2.66. The summed E-state index contributed by atoms with van der Waals surface area (Å²) in [5, 5.41) is 11.8. The smallest absolute Gasteiger partial charge is 0.417 e. The number of halogens is 16. The molecule has 0 radical (unpaired) electrons. The van der Waals surface area contributed by atoms with Crippen molar-refractivity contribution in [2.45, 2.75) is 41.5 Å². The number of hydrogen-bond donors (Lipinski definition) is 0. The number of benzene rings is 1. The number of ketones is 1. The van der Waals surface area contributed by atoms with Crippen LogP contribution in [0.3, 0.4) is 0 Å². The number of carbonyl (C=O) groups is 1. The van der Waals surface area contributed by atoms with E-state index in [1.54, 1.807) is 0 Å². The summed E-state index contributed by atoms with van der Waals surface area (Å²) in [5.41, 5.74) is -12.1. The van der Waals surface area contributed by atoms with Crippen LogP contribution in [0.5, 0.6) is 0 Å². The number of carbonyl (C=O) groups excluding carboxylic acids is 1. The highest BCUT2D eigenvalue weighted by Crippen LogP contribution is 2.69. The van der Waals surface area contributed by atoms with Crippen LogP contribution >= 0.6 is 0 Å². The molecule has 2 nitrogen and oxygen atoms in total. The second kappa shape index (κ2) is 7.16. The van der Waals surface area contributed by atoms with Crippen molar-refractivity contribution < 1.29 is 80.1 Å². The molecule has 1 aromatic rings. The zero-order valence-corrected chi connectivity index (χ0v) is 15.1. The van der Waals surface area contributed by atoms with Gasteiger partial charge in [-0.2, -0.15) is 57.1 Å². The third kappa shape index (κ3) is 3.08. The Kier molecular flexibility index (Phi) is 5.80. The monoisotopic (exact) mass is 531 g/mol. The number of alkyl halides is 14. The summed E-state index contributed by atoms with van der Waals surface area (Å²) in [4.78, 5) is 11.7. The molecule has 0 saturated heterocycles. The van der Waals surface area contributed by atoms with Gasteiger partial charge < -0.3 is 5.11 Å². The lowest BCUT2D eigenvalue weighted by molar-refractivity contribution is -0.475. The fourth-order valence-electron chi connectivity index (χ4n) is 2.81. The Morgan fingerprint density at radius 1 is 0.706 bits per heavy atom. The van der Waals surface area contributed by atoms with Crippen molar-refractivity contribution in [2.75, 3.05) is 0 Å². The lowest BCUT2D eigenvalue weighted by Crippen LogP contribution is -2.85. The van der Waals surface area contributed by atoms with E-state index < -0.39 is 94.0 Å². The van der Waals surface area contributed by atoms with E-state index in [0.29, 0.717) is 0 Å². The van der Waals surface area contributed by atoms with Crippen LogP contribution in [0.2, 0.25) is 0 Å². The third-order valence-corrected chi connectivity index (χ3v) is 4.68. The molecule has 192 valence electrons. The van der Waals surface area contributed by atoms with E-state index in [0.717, 1.165) is 0 Å². The van der Waals surface area contributed by atoms with E-state index in [9.17, 15) is 80.1 Å². The van der Waals surface area contributed by atoms with Gasteiger partial charge in [0.15, 0.2) is 11.6 Å². The van der Waals surface area contributed by atoms with Gasteiger partial charge in [0.25, 0.3) is 0 Å². The molecule has 1 saturated carbocycles. The van der Waals surface area contributed by atoms with Crippen molar-refractivity contribution in [2.24, 2.45) is 0 Å². The molecule has 0 aliphatic heterocycles. The molecule has 18 heteroatoms. The molecular weight excluding hydrogens is 528 g/mol. The van der Waals surface area contributed by atoms with Crippen LogP contribution in [0.15, 0.2) is 18.2 Å². The van der Waals surface area contributed by atoms with Crippen LogP contribution in [0.4, 0.5) is 70.2 Å². The molecule has 0 unspecified atom stereocenters. The quantitative estimate of drug-likeness (QED) is 0.308. The minimum Gasteiger partial charge on any atom is -0.872 e. The minimum absolute atomic E-state index is 0.705. The average molecular weight is 531 g/mol. The lowest BCUT2D eigenvalue weighted by Gasteiger charge is -2.51. The third-order valence-electron chi connectivity index (χ3n) is 4.68. The predicted octanol–water partition coefficient (Wildman–Crippen LogP) is 5.15. The van der Waals surface area contributed by atoms with Gasteiger partial charge in [0.1, 0.15) is 0 Å². The van der Waals surface area contributed by atoms with Gasteiger partial charge in [-0.3, -0.25) is 4.79 Å². The first-order valence-electron chi connectivity index (χ1n) is 7.91. The van der Waals surface area contributed by atoms with Crippen molar-refractivity contribution in [3.8, 4) is 0 Å². The molecule has 0 bridgehead atoms. The standard InChI is InChI=1S/C16H4F16O2/c17-6-1-4(5(2-7(6)18)11(20,21)22)8(33)3-9(34)10(19)12(23,24)14(27,28)16(31,32)15(29,30)13(10,25)26/h1-3,33H/p-1/b8-3-. The van der Waals surface area contributed by atoms with Crippen molar-refractivity contribution in [3.63, 3.8) is 0 Å². The maximum atomic E-state index is 14.5. The summed E-state index contributed by atoms with van der Waals surface area (Å²) in [6, 6.07) is -1.48. The van der Waals surface area contributed by atoms with Crippen LogP contribution in [0.25, 0.3) is 5.76 Å². The van der Waals surface area contributed by atoms with Gasteiger partial charge >= 0.3 is 41.5 Å². The van der Waals surface area contributed by atoms with Gasteiger partial charge in [-0.25, -0.2) is 13.2 Å². The fraction of sp³-hybridized carbons (Fsp3) is 0.438. The highest BCUT2D eigenvalue weighted by atomic mass is 19.4. The van der Waals surface area contributed by atoms with Gasteiger partial charge in [0.05, 0.1) is 5.56 Å². The number of rotatable bonds is 3. The first-order valence-corrected chi connectivity index (χ1v) is 7.91. The van der Waals surface area contributed by atoms with E-state index in [4.69, 9.17) is 0 Å². The summed E-state index contributed by atoms with van der Waals surface area (Å²) in [5.74, 6) is -50.1. The van der Waals surface area contributed by atoms with Crippen LogP contribution in [-0.4, -0.2) is 41.1 Å². The molecule has 1 aromatic carbocycles. The molecule has 0 heterocycles. The van der Waals surface area contributed by atoms with Gasteiger partial charge in [0, 0.05) is 0 Å². The van der Waals surface area contributed by atoms with Crippen molar-refractivity contribution in [1.29, 1.82) is 0 Å². The highest BCUT2D eigenvalue weighted by molar-refractivity contribution is 6.03. The predicted molar refractivity (Wildman–Crippen MR) is 72.9 cm³/mol. The second-order valence-corrected chi connectivity index (χ2v) is 6.71. The first-order chi connectivity index (χ1) is 14.8. The molecule has 1 aliphatic carbocycles. The molecule has 0 N–H and O–H groups in total. The summed E-state index contributed by atoms with van der Waals surface area (Å²) in [6.07, 6.45) is -7.44. The van der Waals surface area contributed by atoms with Crippen molar-refractivity contribution >= 4 is 11.5 Å². The molecule has 0 aromatic heterocycles. The van der Waals surface area contributed by atoms with Crippen LogP contribution in [0.1, 0.15) is 11.1 Å². The van der Waals surface area contributed by atoms with E-state index in [1.165, 1.54) is 0 Å². The minimum atomic E-state index is -7.72. The SMILES string of the molecule is O=C(/C=C(\[O-])c1cc(F)c(F)cc1C(F)(F)F)C1(F)C(F)(F)C(F)(F)C(F)(F)C(F)(F)C1(F)F.